The van der Waals surface area contributed by atoms with Crippen molar-refractivity contribution in [2.75, 3.05) is 13.2 Å². The van der Waals surface area contributed by atoms with Gasteiger partial charge >= 0.3 is 5.97 Å². The molecule has 1 unspecified atom stereocenters. The van der Waals surface area contributed by atoms with Crippen LogP contribution in [0.1, 0.15) is 68.0 Å². The lowest BCUT2D eigenvalue weighted by Gasteiger charge is -2.22. The van der Waals surface area contributed by atoms with Crippen LogP contribution in [0, 0.1) is 5.92 Å². The molecular formula is C16H24N2O4. The van der Waals surface area contributed by atoms with Crippen molar-refractivity contribution < 1.29 is 19.4 Å². The molecule has 0 aromatic carbocycles. The maximum absolute atomic E-state index is 11.4. The summed E-state index contributed by atoms with van der Waals surface area (Å²) in [6.07, 6.45) is 10.5. The third-order valence-corrected chi connectivity index (χ3v) is 4.56. The molecule has 1 aliphatic carbocycles. The Bertz CT molecular complexity index is 502. The molecule has 1 atom stereocenters. The van der Waals surface area contributed by atoms with Gasteiger partial charge in [0.2, 0.25) is 5.88 Å². The number of rotatable bonds is 5. The summed E-state index contributed by atoms with van der Waals surface area (Å²) < 4.78 is 13.0. The van der Waals surface area contributed by atoms with Crippen LogP contribution in [0.15, 0.2) is 6.20 Å². The first kappa shape index (κ1) is 15.3. The number of carboxylic acids is 1. The lowest BCUT2D eigenvalue weighted by molar-refractivity contribution is -0.0401. The first-order valence-electron chi connectivity index (χ1n) is 8.31. The highest BCUT2D eigenvalue weighted by Gasteiger charge is 2.24. The summed E-state index contributed by atoms with van der Waals surface area (Å²) in [6.45, 7) is 1.26. The maximum atomic E-state index is 11.4. The van der Waals surface area contributed by atoms with Gasteiger partial charge in [-0.15, -0.1) is 5.10 Å². The van der Waals surface area contributed by atoms with Gasteiger partial charge in [0.05, 0.1) is 6.61 Å². The summed E-state index contributed by atoms with van der Waals surface area (Å²) in [5.74, 6) is -0.251. The van der Waals surface area contributed by atoms with Gasteiger partial charge in [0.1, 0.15) is 11.8 Å². The highest BCUT2D eigenvalue weighted by Crippen LogP contribution is 2.28. The molecule has 22 heavy (non-hydrogen) atoms. The number of hydrogen-bond acceptors (Lipinski definition) is 4. The average Bonchev–Trinajstić information content (AvgIpc) is 2.99. The summed E-state index contributed by atoms with van der Waals surface area (Å²) >= 11 is 0. The SMILES string of the molecule is O=C(O)c1cn(C2CCCCO2)nc1OCC1CCCCC1. The Morgan fingerprint density at radius 1 is 1.27 bits per heavy atom. The molecule has 2 heterocycles. The van der Waals surface area contributed by atoms with Gasteiger partial charge in [0.25, 0.3) is 0 Å². The minimum atomic E-state index is -0.999. The fourth-order valence-corrected chi connectivity index (χ4v) is 3.26. The molecule has 1 aromatic heterocycles. The molecule has 3 rings (SSSR count). The summed E-state index contributed by atoms with van der Waals surface area (Å²) in [5, 5.41) is 13.7. The van der Waals surface area contributed by atoms with Crippen LogP contribution in [0.3, 0.4) is 0 Å². The maximum Gasteiger partial charge on any atom is 0.342 e. The predicted molar refractivity (Wildman–Crippen MR) is 80.1 cm³/mol. The molecule has 0 spiro atoms. The Kier molecular flexibility index (Phi) is 4.97. The smallest absolute Gasteiger partial charge is 0.342 e. The topological polar surface area (TPSA) is 73.6 Å². The van der Waals surface area contributed by atoms with E-state index in [-0.39, 0.29) is 17.7 Å². The molecule has 122 valence electrons. The van der Waals surface area contributed by atoms with Crippen LogP contribution in [0.25, 0.3) is 0 Å². The van der Waals surface area contributed by atoms with Crippen molar-refractivity contribution in [3.05, 3.63) is 11.8 Å². The van der Waals surface area contributed by atoms with E-state index in [0.717, 1.165) is 32.1 Å². The van der Waals surface area contributed by atoms with E-state index >= 15 is 0 Å². The summed E-state index contributed by atoms with van der Waals surface area (Å²) in [4.78, 5) is 11.4. The highest BCUT2D eigenvalue weighted by atomic mass is 16.5. The number of hydrogen-bond donors (Lipinski definition) is 1. The van der Waals surface area contributed by atoms with E-state index in [1.165, 1.54) is 25.5 Å². The summed E-state index contributed by atoms with van der Waals surface area (Å²) in [7, 11) is 0. The van der Waals surface area contributed by atoms with Crippen LogP contribution in [0.5, 0.6) is 5.88 Å². The number of nitrogens with zero attached hydrogens (tertiary/aromatic N) is 2. The molecule has 1 N–H and O–H groups in total. The first-order chi connectivity index (χ1) is 10.7. The lowest BCUT2D eigenvalue weighted by atomic mass is 9.90. The number of aromatic carboxylic acids is 1. The second kappa shape index (κ2) is 7.13. The molecule has 0 amide bonds. The zero-order valence-electron chi connectivity index (χ0n) is 12.9. The fourth-order valence-electron chi connectivity index (χ4n) is 3.26. The van der Waals surface area contributed by atoms with Crippen molar-refractivity contribution in [1.82, 2.24) is 9.78 Å². The third kappa shape index (κ3) is 3.61. The Morgan fingerprint density at radius 3 is 2.73 bits per heavy atom. The van der Waals surface area contributed by atoms with E-state index in [0.29, 0.717) is 19.1 Å². The van der Waals surface area contributed by atoms with Gasteiger partial charge in [-0.2, -0.15) is 0 Å². The van der Waals surface area contributed by atoms with Crippen LogP contribution in [-0.2, 0) is 4.74 Å². The second-order valence-electron chi connectivity index (χ2n) is 6.27. The zero-order chi connectivity index (χ0) is 15.4. The van der Waals surface area contributed by atoms with Gasteiger partial charge in [-0.1, -0.05) is 19.3 Å². The Balaban J connectivity index is 1.68. The minimum absolute atomic E-state index is 0.130. The van der Waals surface area contributed by atoms with Crippen molar-refractivity contribution in [3.8, 4) is 5.88 Å². The Labute approximate surface area is 130 Å². The highest BCUT2D eigenvalue weighted by molar-refractivity contribution is 5.89. The number of carboxylic acid groups (broad SMARTS) is 1. The van der Waals surface area contributed by atoms with E-state index in [4.69, 9.17) is 9.47 Å². The molecule has 2 aliphatic rings. The van der Waals surface area contributed by atoms with Gasteiger partial charge in [-0.3, -0.25) is 0 Å². The first-order valence-corrected chi connectivity index (χ1v) is 8.31. The summed E-state index contributed by atoms with van der Waals surface area (Å²) in [5.41, 5.74) is 0.130. The van der Waals surface area contributed by atoms with Crippen molar-refractivity contribution >= 4 is 5.97 Å². The molecule has 0 radical (unpaired) electrons. The quantitative estimate of drug-likeness (QED) is 0.904. The van der Waals surface area contributed by atoms with Crippen LogP contribution in [0.2, 0.25) is 0 Å². The van der Waals surface area contributed by atoms with Crippen molar-refractivity contribution in [2.45, 2.75) is 57.6 Å². The van der Waals surface area contributed by atoms with Crippen LogP contribution >= 0.6 is 0 Å². The van der Waals surface area contributed by atoms with E-state index in [2.05, 4.69) is 5.10 Å². The Hall–Kier alpha value is -1.56. The van der Waals surface area contributed by atoms with Crippen LogP contribution in [-0.4, -0.2) is 34.1 Å². The van der Waals surface area contributed by atoms with E-state index in [1.54, 1.807) is 4.68 Å². The van der Waals surface area contributed by atoms with Crippen molar-refractivity contribution in [2.24, 2.45) is 5.92 Å². The molecule has 1 aliphatic heterocycles. The van der Waals surface area contributed by atoms with Crippen LogP contribution in [0.4, 0.5) is 0 Å². The number of ether oxygens (including phenoxy) is 2. The molecule has 1 aromatic rings. The molecule has 0 bridgehead atoms. The van der Waals surface area contributed by atoms with Crippen molar-refractivity contribution in [3.63, 3.8) is 0 Å². The van der Waals surface area contributed by atoms with E-state index in [9.17, 15) is 9.90 Å². The Morgan fingerprint density at radius 2 is 2.05 bits per heavy atom. The largest absolute Gasteiger partial charge is 0.477 e. The molecular weight excluding hydrogens is 284 g/mol. The summed E-state index contributed by atoms with van der Waals surface area (Å²) in [6, 6.07) is 0. The van der Waals surface area contributed by atoms with Gasteiger partial charge < -0.3 is 14.6 Å². The molecule has 1 saturated heterocycles. The van der Waals surface area contributed by atoms with E-state index in [1.807, 2.05) is 0 Å². The second-order valence-corrected chi connectivity index (χ2v) is 6.27. The third-order valence-electron chi connectivity index (χ3n) is 4.56. The number of carbonyl (C=O) groups is 1. The van der Waals surface area contributed by atoms with Crippen molar-refractivity contribution in [1.29, 1.82) is 0 Å². The molecule has 1 saturated carbocycles. The molecule has 2 fully saturated rings. The predicted octanol–water partition coefficient (Wildman–Crippen LogP) is 3.24. The zero-order valence-corrected chi connectivity index (χ0v) is 12.9. The van der Waals surface area contributed by atoms with Gasteiger partial charge in [0.15, 0.2) is 0 Å². The normalized spacial score (nSPS) is 23.4. The van der Waals surface area contributed by atoms with Gasteiger partial charge in [0, 0.05) is 12.8 Å². The fraction of sp³-hybridized carbons (Fsp3) is 0.750. The van der Waals surface area contributed by atoms with Gasteiger partial charge in [-0.05, 0) is 38.0 Å². The molecule has 6 heteroatoms. The average molecular weight is 308 g/mol. The number of aromatic nitrogens is 2. The van der Waals surface area contributed by atoms with Gasteiger partial charge in [-0.25, -0.2) is 9.48 Å². The standard InChI is InChI=1S/C16H24N2O4/c19-16(20)13-10-18(14-8-4-5-9-21-14)17-15(13)22-11-12-6-2-1-3-7-12/h10,12,14H,1-9,11H2,(H,19,20). The minimum Gasteiger partial charge on any atom is -0.477 e. The lowest BCUT2D eigenvalue weighted by Crippen LogP contribution is -2.19. The molecule has 6 nitrogen and oxygen atoms in total. The monoisotopic (exact) mass is 308 g/mol. The van der Waals surface area contributed by atoms with Crippen LogP contribution < -0.4 is 4.74 Å². The van der Waals surface area contributed by atoms with E-state index < -0.39 is 5.97 Å².